The quantitative estimate of drug-likeness (QED) is 0.859. The smallest absolute Gasteiger partial charge is 0.339 e. The second kappa shape index (κ2) is 7.48. The lowest BCUT2D eigenvalue weighted by Crippen LogP contribution is -2.36. The van der Waals surface area contributed by atoms with Crippen LogP contribution in [-0.4, -0.2) is 52.0 Å². The number of ether oxygens (including phenoxy) is 1. The van der Waals surface area contributed by atoms with Crippen LogP contribution in [0, 0.1) is 0 Å². The lowest BCUT2D eigenvalue weighted by atomic mass is 10.1. The van der Waals surface area contributed by atoms with Gasteiger partial charge in [-0.1, -0.05) is 0 Å². The van der Waals surface area contributed by atoms with Gasteiger partial charge in [0.05, 0.1) is 18.4 Å². The number of anilines is 1. The average Bonchev–Trinajstić information content (AvgIpc) is 2.63. The summed E-state index contributed by atoms with van der Waals surface area (Å²) in [6.07, 6.45) is 2.79. The molecule has 1 aliphatic rings. The van der Waals surface area contributed by atoms with Crippen LogP contribution in [0.3, 0.4) is 0 Å². The van der Waals surface area contributed by atoms with Crippen molar-refractivity contribution in [1.29, 1.82) is 0 Å². The van der Waals surface area contributed by atoms with Crippen molar-refractivity contribution in [1.82, 2.24) is 9.97 Å². The first-order valence-electron chi connectivity index (χ1n) is 8.35. The van der Waals surface area contributed by atoms with Gasteiger partial charge in [0, 0.05) is 24.8 Å². The molecule has 0 bridgehead atoms. The normalized spacial score (nSPS) is 15.2. The molecule has 0 amide bonds. The largest absolute Gasteiger partial charge is 0.493 e. The summed E-state index contributed by atoms with van der Waals surface area (Å²) < 4.78 is 5.37. The third kappa shape index (κ3) is 3.88. The minimum Gasteiger partial charge on any atom is -0.493 e. The lowest BCUT2D eigenvalue weighted by Gasteiger charge is -2.29. The zero-order chi connectivity index (χ0) is 17.8. The minimum atomic E-state index is -1.04. The number of piperidine rings is 1. The Balaban J connectivity index is 1.90. The minimum absolute atomic E-state index is 0.112. The van der Waals surface area contributed by atoms with E-state index in [1.165, 1.54) is 0 Å². The highest BCUT2D eigenvalue weighted by atomic mass is 16.5. The maximum atomic E-state index is 11.5. The molecule has 1 aromatic carbocycles. The van der Waals surface area contributed by atoms with Gasteiger partial charge in [-0.15, -0.1) is 0 Å². The zero-order valence-corrected chi connectivity index (χ0v) is 14.1. The molecule has 132 valence electrons. The molecule has 0 spiro atoms. The summed E-state index contributed by atoms with van der Waals surface area (Å²) in [6, 6.07) is 6.77. The Morgan fingerprint density at radius 1 is 1.32 bits per heavy atom. The molecule has 1 aromatic heterocycles. The molecule has 0 unspecified atom stereocenters. The van der Waals surface area contributed by atoms with E-state index in [0.29, 0.717) is 55.5 Å². The molecule has 0 saturated carbocycles. The van der Waals surface area contributed by atoms with E-state index in [-0.39, 0.29) is 11.7 Å². The number of aromatic carboxylic acids is 1. The molecule has 2 N–H and O–H groups in total. The number of carboxylic acid groups (broad SMARTS) is 1. The van der Waals surface area contributed by atoms with Crippen molar-refractivity contribution in [3.63, 3.8) is 0 Å². The van der Waals surface area contributed by atoms with Gasteiger partial charge in [-0.3, -0.25) is 0 Å². The van der Waals surface area contributed by atoms with Crippen molar-refractivity contribution in [2.24, 2.45) is 0 Å². The fourth-order valence-electron chi connectivity index (χ4n) is 2.87. The number of benzene rings is 1. The topological polar surface area (TPSA) is 95.8 Å². The molecule has 1 aliphatic heterocycles. The fourth-order valence-corrected chi connectivity index (χ4v) is 2.87. The van der Waals surface area contributed by atoms with Gasteiger partial charge in [0.15, 0.2) is 0 Å². The summed E-state index contributed by atoms with van der Waals surface area (Å²) >= 11 is 0. The number of rotatable bonds is 5. The molecule has 7 nitrogen and oxygen atoms in total. The number of aliphatic hydroxyl groups excluding tert-OH is 1. The van der Waals surface area contributed by atoms with Gasteiger partial charge in [-0.25, -0.2) is 14.8 Å². The molecule has 0 radical (unpaired) electrons. The Labute approximate surface area is 145 Å². The average molecular weight is 343 g/mol. The molecule has 3 rings (SSSR count). The Bertz CT molecular complexity index is 758. The van der Waals surface area contributed by atoms with Crippen LogP contribution >= 0.6 is 0 Å². The van der Waals surface area contributed by atoms with Crippen LogP contribution in [-0.2, 0) is 0 Å². The maximum Gasteiger partial charge on any atom is 0.339 e. The summed E-state index contributed by atoms with van der Waals surface area (Å²) in [4.78, 5) is 22.4. The Morgan fingerprint density at radius 3 is 2.76 bits per heavy atom. The maximum absolute atomic E-state index is 11.5. The molecule has 2 heterocycles. The van der Waals surface area contributed by atoms with E-state index in [1.54, 1.807) is 30.5 Å². The SMILES string of the molecule is CCOc1ccc(-c2ccnc(N3CCC(O)CC3)n2)cc1C(=O)O. The van der Waals surface area contributed by atoms with Crippen LogP contribution in [0.15, 0.2) is 30.5 Å². The number of aliphatic hydroxyl groups is 1. The Morgan fingerprint density at radius 2 is 2.08 bits per heavy atom. The van der Waals surface area contributed by atoms with Gasteiger partial charge in [-0.05, 0) is 44.0 Å². The Kier molecular flexibility index (Phi) is 5.14. The van der Waals surface area contributed by atoms with Crippen LogP contribution in [0.2, 0.25) is 0 Å². The van der Waals surface area contributed by atoms with E-state index >= 15 is 0 Å². The molecular formula is C18H21N3O4. The van der Waals surface area contributed by atoms with Crippen LogP contribution in [0.4, 0.5) is 5.95 Å². The van der Waals surface area contributed by atoms with Crippen molar-refractivity contribution in [3.8, 4) is 17.0 Å². The molecule has 0 atom stereocenters. The number of hydrogen-bond donors (Lipinski definition) is 2. The highest BCUT2D eigenvalue weighted by Crippen LogP contribution is 2.27. The van der Waals surface area contributed by atoms with Crippen molar-refractivity contribution < 1.29 is 19.7 Å². The fraction of sp³-hybridized carbons (Fsp3) is 0.389. The molecule has 2 aromatic rings. The van der Waals surface area contributed by atoms with Crippen LogP contribution in [0.25, 0.3) is 11.3 Å². The van der Waals surface area contributed by atoms with Gasteiger partial charge < -0.3 is 19.8 Å². The molecule has 7 heteroatoms. The first-order chi connectivity index (χ1) is 12.1. The predicted octanol–water partition coefficient (Wildman–Crippen LogP) is 2.20. The highest BCUT2D eigenvalue weighted by molar-refractivity contribution is 5.92. The number of carboxylic acids is 1. The van der Waals surface area contributed by atoms with Gasteiger partial charge in [0.25, 0.3) is 0 Å². The van der Waals surface area contributed by atoms with E-state index in [9.17, 15) is 15.0 Å². The predicted molar refractivity (Wildman–Crippen MR) is 93.1 cm³/mol. The highest BCUT2D eigenvalue weighted by Gasteiger charge is 2.20. The Hall–Kier alpha value is -2.67. The van der Waals surface area contributed by atoms with E-state index in [0.717, 1.165) is 0 Å². The van der Waals surface area contributed by atoms with Gasteiger partial charge in [-0.2, -0.15) is 0 Å². The molecule has 0 aliphatic carbocycles. The van der Waals surface area contributed by atoms with Gasteiger partial charge >= 0.3 is 5.97 Å². The molecule has 1 saturated heterocycles. The second-order valence-corrected chi connectivity index (χ2v) is 5.91. The number of hydrogen-bond acceptors (Lipinski definition) is 6. The number of nitrogens with zero attached hydrogens (tertiary/aromatic N) is 3. The van der Waals surface area contributed by atoms with Crippen LogP contribution < -0.4 is 9.64 Å². The van der Waals surface area contributed by atoms with Crippen LogP contribution in [0.5, 0.6) is 5.75 Å². The zero-order valence-electron chi connectivity index (χ0n) is 14.1. The van der Waals surface area contributed by atoms with Crippen molar-refractivity contribution in [2.75, 3.05) is 24.6 Å². The summed E-state index contributed by atoms with van der Waals surface area (Å²) in [6.45, 7) is 3.62. The van der Waals surface area contributed by atoms with Crippen molar-refractivity contribution in [3.05, 3.63) is 36.0 Å². The monoisotopic (exact) mass is 343 g/mol. The van der Waals surface area contributed by atoms with Crippen molar-refractivity contribution in [2.45, 2.75) is 25.9 Å². The lowest BCUT2D eigenvalue weighted by molar-refractivity contribution is 0.0692. The summed E-state index contributed by atoms with van der Waals surface area (Å²) in [7, 11) is 0. The molecular weight excluding hydrogens is 322 g/mol. The van der Waals surface area contributed by atoms with E-state index in [4.69, 9.17) is 4.74 Å². The standard InChI is InChI=1S/C18H21N3O4/c1-2-25-16-4-3-12(11-14(16)17(23)24)15-5-8-19-18(20-15)21-9-6-13(22)7-10-21/h3-5,8,11,13,22H,2,6-7,9-10H2,1H3,(H,23,24). The van der Waals surface area contributed by atoms with E-state index < -0.39 is 5.97 Å². The first-order valence-corrected chi connectivity index (χ1v) is 8.35. The molecule has 25 heavy (non-hydrogen) atoms. The van der Waals surface area contributed by atoms with Crippen molar-refractivity contribution >= 4 is 11.9 Å². The summed E-state index contributed by atoms with van der Waals surface area (Å²) in [5, 5.41) is 19.0. The molecule has 1 fully saturated rings. The third-order valence-electron chi connectivity index (χ3n) is 4.20. The van der Waals surface area contributed by atoms with Gasteiger partial charge in [0.2, 0.25) is 5.95 Å². The van der Waals surface area contributed by atoms with E-state index in [1.807, 2.05) is 11.8 Å². The summed E-state index contributed by atoms with van der Waals surface area (Å²) in [5.41, 5.74) is 1.46. The van der Waals surface area contributed by atoms with Gasteiger partial charge in [0.1, 0.15) is 11.3 Å². The number of carbonyl (C=O) groups is 1. The number of aromatic nitrogens is 2. The third-order valence-corrected chi connectivity index (χ3v) is 4.20. The van der Waals surface area contributed by atoms with E-state index in [2.05, 4.69) is 9.97 Å². The van der Waals surface area contributed by atoms with Crippen LogP contribution in [0.1, 0.15) is 30.1 Å². The first kappa shape index (κ1) is 17.2. The second-order valence-electron chi connectivity index (χ2n) is 5.91. The summed E-state index contributed by atoms with van der Waals surface area (Å²) in [5.74, 6) is -0.0993.